The first kappa shape index (κ1) is 17.6. The van der Waals surface area contributed by atoms with Crippen LogP contribution in [0.2, 0.25) is 0 Å². The minimum absolute atomic E-state index is 0.357. The monoisotopic (exact) mass is 330 g/mol. The number of hydrogen-bond donors (Lipinski definition) is 1. The summed E-state index contributed by atoms with van der Waals surface area (Å²) >= 11 is 0. The molecule has 0 radical (unpaired) electrons. The number of benzene rings is 1. The number of rotatable bonds is 4. The molecule has 1 aromatic carbocycles. The van der Waals surface area contributed by atoms with E-state index < -0.39 is 23.5 Å². The molecule has 128 valence electrons. The van der Waals surface area contributed by atoms with Crippen LogP contribution in [0.5, 0.6) is 0 Å². The molecule has 0 spiro atoms. The number of piperazine rings is 1. The maximum atomic E-state index is 13.6. The van der Waals surface area contributed by atoms with E-state index in [0.717, 1.165) is 38.3 Å². The van der Waals surface area contributed by atoms with Crippen LogP contribution in [-0.4, -0.2) is 74.1 Å². The maximum absolute atomic E-state index is 13.6. The Morgan fingerprint density at radius 1 is 1.13 bits per heavy atom. The van der Waals surface area contributed by atoms with Crippen LogP contribution >= 0.6 is 0 Å². The fraction of sp³-hybridized carbons (Fsp3) is 0.533. The van der Waals surface area contributed by atoms with Crippen molar-refractivity contribution in [1.82, 2.24) is 14.7 Å². The van der Waals surface area contributed by atoms with Crippen LogP contribution in [0, 0.1) is 17.5 Å². The summed E-state index contributed by atoms with van der Waals surface area (Å²) in [5.41, 5.74) is -0.357. The maximum Gasteiger partial charge on any atom is 0.322 e. The van der Waals surface area contributed by atoms with E-state index in [9.17, 15) is 18.0 Å². The number of hydrogen-bond acceptors (Lipinski definition) is 3. The van der Waals surface area contributed by atoms with Gasteiger partial charge in [-0.15, -0.1) is 0 Å². The number of nitrogens with one attached hydrogen (secondary N) is 1. The Morgan fingerprint density at radius 3 is 2.39 bits per heavy atom. The number of halogens is 3. The van der Waals surface area contributed by atoms with E-state index in [1.165, 1.54) is 4.90 Å². The first-order chi connectivity index (χ1) is 10.9. The number of urea groups is 1. The van der Waals surface area contributed by atoms with Gasteiger partial charge in [-0.3, -0.25) is 4.90 Å². The van der Waals surface area contributed by atoms with Crippen LogP contribution in [0.15, 0.2) is 12.1 Å². The smallest absolute Gasteiger partial charge is 0.322 e. The zero-order chi connectivity index (χ0) is 17.0. The summed E-state index contributed by atoms with van der Waals surface area (Å²) in [6, 6.07) is 1.29. The fourth-order valence-corrected chi connectivity index (χ4v) is 2.33. The van der Waals surface area contributed by atoms with Gasteiger partial charge in [-0.2, -0.15) is 0 Å². The van der Waals surface area contributed by atoms with Crippen molar-refractivity contribution in [3.63, 3.8) is 0 Å². The second-order valence-electron chi connectivity index (χ2n) is 5.79. The van der Waals surface area contributed by atoms with Crippen LogP contribution in [-0.2, 0) is 0 Å². The van der Waals surface area contributed by atoms with Crippen molar-refractivity contribution in [3.8, 4) is 0 Å². The van der Waals surface area contributed by atoms with Gasteiger partial charge in [0.05, 0.1) is 5.69 Å². The van der Waals surface area contributed by atoms with Crippen molar-refractivity contribution in [2.24, 2.45) is 0 Å². The molecule has 1 aromatic rings. The van der Waals surface area contributed by atoms with Crippen LogP contribution in [0.3, 0.4) is 0 Å². The van der Waals surface area contributed by atoms with E-state index in [1.807, 2.05) is 14.1 Å². The molecule has 0 bridgehead atoms. The zero-order valence-corrected chi connectivity index (χ0v) is 13.3. The molecule has 1 saturated heterocycles. The molecule has 1 aliphatic heterocycles. The number of likely N-dealkylation sites (N-methyl/N-ethyl adjacent to an activating group) is 1. The molecular formula is C15H21F3N4O. The van der Waals surface area contributed by atoms with Gasteiger partial charge in [0, 0.05) is 39.3 Å². The number of carbonyl (C=O) groups excluding carboxylic acids is 1. The summed E-state index contributed by atoms with van der Waals surface area (Å²) in [6.45, 7) is 4.31. The Balaban J connectivity index is 1.87. The molecule has 5 nitrogen and oxygen atoms in total. The number of nitrogens with zero attached hydrogens (tertiary/aromatic N) is 3. The molecule has 8 heteroatoms. The Morgan fingerprint density at radius 2 is 1.78 bits per heavy atom. The fourth-order valence-electron chi connectivity index (χ4n) is 2.33. The molecule has 2 rings (SSSR count). The minimum Gasteiger partial charge on any atom is -0.322 e. The standard InChI is InChI=1S/C15H21F3N4O/c1-20(2)5-6-21-7-9-22(10-8-21)15(23)19-12-4-3-11(16)13(17)14(12)18/h3-4H,5-10H2,1-2H3,(H,19,23). The lowest BCUT2D eigenvalue weighted by Crippen LogP contribution is -2.51. The third kappa shape index (κ3) is 4.59. The third-order valence-corrected chi connectivity index (χ3v) is 3.80. The number of carbonyl (C=O) groups is 1. The van der Waals surface area contributed by atoms with Crippen molar-refractivity contribution in [1.29, 1.82) is 0 Å². The van der Waals surface area contributed by atoms with Gasteiger partial charge in [-0.1, -0.05) is 0 Å². The normalized spacial score (nSPS) is 16.0. The lowest BCUT2D eigenvalue weighted by molar-refractivity contribution is 0.140. The second kappa shape index (κ2) is 7.65. The number of anilines is 1. The molecule has 1 aliphatic rings. The minimum atomic E-state index is -1.59. The van der Waals surface area contributed by atoms with E-state index in [-0.39, 0.29) is 5.69 Å². The first-order valence-corrected chi connectivity index (χ1v) is 7.45. The third-order valence-electron chi connectivity index (χ3n) is 3.80. The van der Waals surface area contributed by atoms with Crippen molar-refractivity contribution in [2.45, 2.75) is 0 Å². The predicted molar refractivity (Wildman–Crippen MR) is 81.9 cm³/mol. The molecule has 1 fully saturated rings. The van der Waals surface area contributed by atoms with E-state index in [0.29, 0.717) is 13.1 Å². The molecule has 1 heterocycles. The van der Waals surface area contributed by atoms with Gasteiger partial charge in [-0.05, 0) is 26.2 Å². The van der Waals surface area contributed by atoms with Crippen LogP contribution in [0.25, 0.3) is 0 Å². The molecule has 1 N–H and O–H groups in total. The van der Waals surface area contributed by atoms with Crippen LogP contribution < -0.4 is 5.32 Å². The quantitative estimate of drug-likeness (QED) is 0.856. The highest BCUT2D eigenvalue weighted by Gasteiger charge is 2.22. The Kier molecular flexibility index (Phi) is 5.84. The highest BCUT2D eigenvalue weighted by atomic mass is 19.2. The van der Waals surface area contributed by atoms with Gasteiger partial charge in [0.25, 0.3) is 0 Å². The van der Waals surface area contributed by atoms with Crippen LogP contribution in [0.1, 0.15) is 0 Å². The second-order valence-corrected chi connectivity index (χ2v) is 5.79. The van der Waals surface area contributed by atoms with E-state index in [4.69, 9.17) is 0 Å². The lowest BCUT2D eigenvalue weighted by Gasteiger charge is -2.35. The Labute approximate surface area is 133 Å². The lowest BCUT2D eigenvalue weighted by atomic mass is 10.2. The highest BCUT2D eigenvalue weighted by Crippen LogP contribution is 2.20. The highest BCUT2D eigenvalue weighted by molar-refractivity contribution is 5.89. The van der Waals surface area contributed by atoms with Gasteiger partial charge >= 0.3 is 6.03 Å². The van der Waals surface area contributed by atoms with Gasteiger partial charge in [0.15, 0.2) is 17.5 Å². The SMILES string of the molecule is CN(C)CCN1CCN(C(=O)Nc2ccc(F)c(F)c2F)CC1. The van der Waals surface area contributed by atoms with E-state index >= 15 is 0 Å². The Hall–Kier alpha value is -1.80. The topological polar surface area (TPSA) is 38.8 Å². The summed E-state index contributed by atoms with van der Waals surface area (Å²) in [4.78, 5) is 18.0. The first-order valence-electron chi connectivity index (χ1n) is 7.45. The zero-order valence-electron chi connectivity index (χ0n) is 13.3. The largest absolute Gasteiger partial charge is 0.322 e. The summed E-state index contributed by atoms with van der Waals surface area (Å²) in [7, 11) is 4.00. The van der Waals surface area contributed by atoms with Crippen molar-refractivity contribution >= 4 is 11.7 Å². The molecule has 0 aliphatic carbocycles. The summed E-state index contributed by atoms with van der Waals surface area (Å²) in [5, 5.41) is 2.29. The van der Waals surface area contributed by atoms with Crippen molar-refractivity contribution in [2.75, 3.05) is 58.7 Å². The van der Waals surface area contributed by atoms with Gasteiger partial charge in [0.2, 0.25) is 0 Å². The number of amides is 2. The molecule has 0 atom stereocenters. The van der Waals surface area contributed by atoms with Crippen molar-refractivity contribution in [3.05, 3.63) is 29.6 Å². The predicted octanol–water partition coefficient (Wildman–Crippen LogP) is 1.81. The molecule has 0 aromatic heterocycles. The van der Waals surface area contributed by atoms with Crippen molar-refractivity contribution < 1.29 is 18.0 Å². The van der Waals surface area contributed by atoms with Crippen LogP contribution in [0.4, 0.5) is 23.7 Å². The summed E-state index contributed by atoms with van der Waals surface area (Å²) in [6.07, 6.45) is 0. The Bertz CT molecular complexity index is 560. The van der Waals surface area contributed by atoms with E-state index in [1.54, 1.807) is 0 Å². The molecular weight excluding hydrogens is 309 g/mol. The average molecular weight is 330 g/mol. The molecule has 23 heavy (non-hydrogen) atoms. The molecule has 2 amide bonds. The summed E-state index contributed by atoms with van der Waals surface area (Å²) < 4.78 is 39.6. The van der Waals surface area contributed by atoms with Gasteiger partial charge in [-0.25, -0.2) is 18.0 Å². The van der Waals surface area contributed by atoms with E-state index in [2.05, 4.69) is 15.1 Å². The summed E-state index contributed by atoms with van der Waals surface area (Å²) in [5.74, 6) is -4.26. The molecule has 0 saturated carbocycles. The van der Waals surface area contributed by atoms with Gasteiger partial charge in [0.1, 0.15) is 0 Å². The average Bonchev–Trinajstić information content (AvgIpc) is 2.54. The molecule has 0 unspecified atom stereocenters. The van der Waals surface area contributed by atoms with Gasteiger partial charge < -0.3 is 15.1 Å².